The fraction of sp³-hybridized carbons (Fsp3) is 0.227. The van der Waals surface area contributed by atoms with Crippen molar-refractivity contribution in [2.75, 3.05) is 12.4 Å². The van der Waals surface area contributed by atoms with E-state index in [4.69, 9.17) is 4.74 Å². The first-order valence-electron chi connectivity index (χ1n) is 9.78. The van der Waals surface area contributed by atoms with Gasteiger partial charge in [0.05, 0.1) is 24.6 Å². The summed E-state index contributed by atoms with van der Waals surface area (Å²) < 4.78 is 45.3. The minimum atomic E-state index is -4.50. The Morgan fingerprint density at radius 2 is 1.81 bits per heavy atom. The number of rotatable bonds is 6. The average Bonchev–Trinajstić information content (AvgIpc) is 3.47. The number of amides is 2. The molecule has 0 bridgehead atoms. The second-order valence-electron chi connectivity index (χ2n) is 7.32. The van der Waals surface area contributed by atoms with E-state index in [1.54, 1.807) is 24.3 Å². The normalized spacial score (nSPS) is 13.5. The first kappa shape index (κ1) is 21.4. The summed E-state index contributed by atoms with van der Waals surface area (Å²) in [6.45, 7) is 0. The first-order chi connectivity index (χ1) is 15.2. The zero-order valence-corrected chi connectivity index (χ0v) is 16.9. The lowest BCUT2D eigenvalue weighted by atomic mass is 10.2. The second-order valence-corrected chi connectivity index (χ2v) is 7.32. The number of halogens is 3. The summed E-state index contributed by atoms with van der Waals surface area (Å²) in [7, 11) is 1.33. The third-order valence-corrected chi connectivity index (χ3v) is 4.87. The molecule has 1 saturated carbocycles. The molecule has 0 atom stereocenters. The Kier molecular flexibility index (Phi) is 5.60. The lowest BCUT2D eigenvalue weighted by Crippen LogP contribution is -2.25. The number of carbonyl (C=O) groups is 2. The lowest BCUT2D eigenvalue weighted by molar-refractivity contribution is -0.137. The Hall–Kier alpha value is -3.82. The summed E-state index contributed by atoms with van der Waals surface area (Å²) in [6.07, 6.45) is -1.21. The monoisotopic (exact) mass is 444 g/mol. The van der Waals surface area contributed by atoms with Gasteiger partial charge in [0.15, 0.2) is 11.4 Å². The zero-order chi connectivity index (χ0) is 22.9. The van der Waals surface area contributed by atoms with E-state index in [-0.39, 0.29) is 29.1 Å². The summed E-state index contributed by atoms with van der Waals surface area (Å²) >= 11 is 0. The molecular formula is C22H19F3N4O3. The number of nitrogens with zero attached hydrogens (tertiary/aromatic N) is 2. The fourth-order valence-corrected chi connectivity index (χ4v) is 3.01. The second kappa shape index (κ2) is 8.37. The number of ether oxygens (including phenoxy) is 1. The standard InChI is InChI=1S/C22H19F3N4O3/c1-32-18-12-29(17-4-2-3-14(11-17)22(23,24)25)28-19(18)21(31)27-15-7-5-13(6-8-15)20(30)26-16-9-10-16/h2-8,11-12,16H,9-10H2,1H3,(H,26,30)(H,27,31). The lowest BCUT2D eigenvalue weighted by Gasteiger charge is -2.08. The van der Waals surface area contributed by atoms with E-state index in [1.807, 2.05) is 0 Å². The van der Waals surface area contributed by atoms with Crippen molar-refractivity contribution in [3.63, 3.8) is 0 Å². The van der Waals surface area contributed by atoms with Crippen LogP contribution in [0.3, 0.4) is 0 Å². The van der Waals surface area contributed by atoms with Crippen molar-refractivity contribution < 1.29 is 27.5 Å². The first-order valence-corrected chi connectivity index (χ1v) is 9.78. The number of carbonyl (C=O) groups excluding carboxylic acids is 2. The van der Waals surface area contributed by atoms with Crippen molar-refractivity contribution in [1.82, 2.24) is 15.1 Å². The maximum Gasteiger partial charge on any atom is 0.416 e. The van der Waals surface area contributed by atoms with Crippen molar-refractivity contribution in [3.05, 3.63) is 71.5 Å². The molecule has 1 fully saturated rings. The van der Waals surface area contributed by atoms with Crippen LogP contribution in [-0.4, -0.2) is 34.7 Å². The van der Waals surface area contributed by atoms with Crippen molar-refractivity contribution in [1.29, 1.82) is 0 Å². The molecule has 2 aromatic carbocycles. The molecule has 2 amide bonds. The molecule has 0 unspecified atom stereocenters. The molecule has 0 radical (unpaired) electrons. The van der Waals surface area contributed by atoms with Gasteiger partial charge in [0, 0.05) is 17.3 Å². The van der Waals surface area contributed by atoms with Gasteiger partial charge in [0.1, 0.15) is 0 Å². The van der Waals surface area contributed by atoms with Gasteiger partial charge in [-0.05, 0) is 55.3 Å². The predicted octanol–water partition coefficient (Wildman–Crippen LogP) is 4.04. The molecule has 0 spiro atoms. The van der Waals surface area contributed by atoms with Crippen LogP contribution in [0.5, 0.6) is 5.75 Å². The molecule has 3 aromatic rings. The highest BCUT2D eigenvalue weighted by Gasteiger charge is 2.31. The third kappa shape index (κ3) is 4.74. The Labute approximate surface area is 181 Å². The van der Waals surface area contributed by atoms with Crippen LogP contribution in [0.2, 0.25) is 0 Å². The van der Waals surface area contributed by atoms with Crippen molar-refractivity contribution in [2.45, 2.75) is 25.1 Å². The van der Waals surface area contributed by atoms with Crippen LogP contribution in [-0.2, 0) is 6.18 Å². The molecular weight excluding hydrogens is 425 g/mol. The van der Waals surface area contributed by atoms with E-state index in [0.717, 1.165) is 29.7 Å². The Bertz CT molecular complexity index is 1150. The van der Waals surface area contributed by atoms with Gasteiger partial charge >= 0.3 is 6.18 Å². The van der Waals surface area contributed by atoms with E-state index >= 15 is 0 Å². The Morgan fingerprint density at radius 3 is 2.44 bits per heavy atom. The molecule has 1 aliphatic rings. The molecule has 2 N–H and O–H groups in total. The van der Waals surface area contributed by atoms with Crippen LogP contribution in [0.15, 0.2) is 54.7 Å². The molecule has 4 rings (SSSR count). The van der Waals surface area contributed by atoms with E-state index < -0.39 is 17.6 Å². The van der Waals surface area contributed by atoms with Crippen LogP contribution in [0.4, 0.5) is 18.9 Å². The van der Waals surface area contributed by atoms with Gasteiger partial charge in [-0.1, -0.05) is 6.07 Å². The van der Waals surface area contributed by atoms with Crippen LogP contribution >= 0.6 is 0 Å². The number of hydrogen-bond donors (Lipinski definition) is 2. The van der Waals surface area contributed by atoms with Gasteiger partial charge in [-0.2, -0.15) is 18.3 Å². The molecule has 166 valence electrons. The van der Waals surface area contributed by atoms with Gasteiger partial charge in [-0.3, -0.25) is 9.59 Å². The molecule has 1 aromatic heterocycles. The Morgan fingerprint density at radius 1 is 1.09 bits per heavy atom. The number of methoxy groups -OCH3 is 1. The van der Waals surface area contributed by atoms with Gasteiger partial charge < -0.3 is 15.4 Å². The topological polar surface area (TPSA) is 85.2 Å². The number of nitrogens with one attached hydrogen (secondary N) is 2. The molecule has 10 heteroatoms. The maximum absolute atomic E-state index is 13.0. The molecule has 1 heterocycles. The summed E-state index contributed by atoms with van der Waals surface area (Å²) in [5.41, 5.74) is 0.0971. The number of hydrogen-bond acceptors (Lipinski definition) is 4. The highest BCUT2D eigenvalue weighted by molar-refractivity contribution is 6.05. The van der Waals surface area contributed by atoms with Gasteiger partial charge in [-0.25, -0.2) is 4.68 Å². The van der Waals surface area contributed by atoms with E-state index in [0.29, 0.717) is 11.3 Å². The van der Waals surface area contributed by atoms with Crippen molar-refractivity contribution >= 4 is 17.5 Å². The molecule has 0 saturated heterocycles. The number of anilines is 1. The largest absolute Gasteiger partial charge is 0.493 e. The van der Waals surface area contributed by atoms with Crippen LogP contribution < -0.4 is 15.4 Å². The van der Waals surface area contributed by atoms with Crippen molar-refractivity contribution in [2.24, 2.45) is 0 Å². The minimum absolute atomic E-state index is 0.0968. The number of alkyl halides is 3. The van der Waals surface area contributed by atoms with Crippen molar-refractivity contribution in [3.8, 4) is 11.4 Å². The Balaban J connectivity index is 1.51. The summed E-state index contributed by atoms with van der Waals surface area (Å²) in [5.74, 6) is -0.685. The average molecular weight is 444 g/mol. The summed E-state index contributed by atoms with van der Waals surface area (Å²) in [6, 6.07) is 11.2. The smallest absolute Gasteiger partial charge is 0.416 e. The minimum Gasteiger partial charge on any atom is -0.493 e. The molecule has 0 aliphatic heterocycles. The highest BCUT2D eigenvalue weighted by atomic mass is 19.4. The SMILES string of the molecule is COc1cn(-c2cccc(C(F)(F)F)c2)nc1C(=O)Nc1ccc(C(=O)NC2CC2)cc1. The molecule has 32 heavy (non-hydrogen) atoms. The third-order valence-electron chi connectivity index (χ3n) is 4.87. The quantitative estimate of drug-likeness (QED) is 0.601. The summed E-state index contributed by atoms with van der Waals surface area (Å²) in [4.78, 5) is 24.8. The van der Waals surface area contributed by atoms with Crippen LogP contribution in [0, 0.1) is 0 Å². The predicted molar refractivity (Wildman–Crippen MR) is 110 cm³/mol. The molecule has 1 aliphatic carbocycles. The molecule has 7 nitrogen and oxygen atoms in total. The zero-order valence-electron chi connectivity index (χ0n) is 16.9. The fourth-order valence-electron chi connectivity index (χ4n) is 3.01. The van der Waals surface area contributed by atoms with Gasteiger partial charge in [-0.15, -0.1) is 0 Å². The van der Waals surface area contributed by atoms with Gasteiger partial charge in [0.25, 0.3) is 11.8 Å². The van der Waals surface area contributed by atoms with Gasteiger partial charge in [0.2, 0.25) is 0 Å². The highest BCUT2D eigenvalue weighted by Crippen LogP contribution is 2.31. The van der Waals surface area contributed by atoms with E-state index in [1.165, 1.54) is 25.4 Å². The number of aromatic nitrogens is 2. The number of benzene rings is 2. The summed E-state index contributed by atoms with van der Waals surface area (Å²) in [5, 5.41) is 9.63. The van der Waals surface area contributed by atoms with Crippen LogP contribution in [0.25, 0.3) is 5.69 Å². The van der Waals surface area contributed by atoms with Crippen LogP contribution in [0.1, 0.15) is 39.3 Å². The maximum atomic E-state index is 13.0. The van der Waals surface area contributed by atoms with E-state index in [2.05, 4.69) is 15.7 Å². The van der Waals surface area contributed by atoms with E-state index in [9.17, 15) is 22.8 Å².